The van der Waals surface area contributed by atoms with Gasteiger partial charge in [-0.3, -0.25) is 4.90 Å². The van der Waals surface area contributed by atoms with Crippen molar-refractivity contribution >= 4 is 0 Å². The average molecular weight is 248 g/mol. The molecular formula is C15H24N2O. The number of likely N-dealkylation sites (tertiary alicyclic amines) is 1. The lowest BCUT2D eigenvalue weighted by Gasteiger charge is -2.25. The van der Waals surface area contributed by atoms with Gasteiger partial charge in [0.2, 0.25) is 5.88 Å². The van der Waals surface area contributed by atoms with Gasteiger partial charge in [0.1, 0.15) is 0 Å². The molecule has 0 radical (unpaired) electrons. The van der Waals surface area contributed by atoms with Crippen LogP contribution in [0.15, 0.2) is 18.3 Å². The van der Waals surface area contributed by atoms with Crippen LogP contribution in [-0.2, 0) is 0 Å². The molecule has 3 nitrogen and oxygen atoms in total. The standard InChI is InChI=1S/C15H24N2O/c1-4-10-17-11-6-8-14(17)13-7-5-9-16-15(13)18-12(2)3/h5,7,9,12,14H,4,6,8,10-11H2,1-3H3/t14-/m0/s1. The number of pyridine rings is 1. The number of hydrogen-bond donors (Lipinski definition) is 0. The van der Waals surface area contributed by atoms with Crippen LogP contribution in [0.3, 0.4) is 0 Å². The molecule has 100 valence electrons. The van der Waals surface area contributed by atoms with Gasteiger partial charge in [-0.15, -0.1) is 0 Å². The summed E-state index contributed by atoms with van der Waals surface area (Å²) < 4.78 is 5.85. The highest BCUT2D eigenvalue weighted by molar-refractivity contribution is 5.30. The molecule has 0 aromatic carbocycles. The first kappa shape index (κ1) is 13.3. The third kappa shape index (κ3) is 3.02. The Kier molecular flexibility index (Phi) is 4.59. The normalized spacial score (nSPS) is 20.6. The van der Waals surface area contributed by atoms with Crippen LogP contribution in [0.5, 0.6) is 5.88 Å². The number of nitrogens with zero attached hydrogens (tertiary/aromatic N) is 2. The van der Waals surface area contributed by atoms with Gasteiger partial charge in [-0.05, 0) is 52.3 Å². The average Bonchev–Trinajstić information content (AvgIpc) is 2.78. The molecule has 0 spiro atoms. The maximum Gasteiger partial charge on any atom is 0.218 e. The van der Waals surface area contributed by atoms with Gasteiger partial charge in [0.25, 0.3) is 0 Å². The van der Waals surface area contributed by atoms with Crippen molar-refractivity contribution in [1.82, 2.24) is 9.88 Å². The monoisotopic (exact) mass is 248 g/mol. The molecule has 1 aromatic rings. The van der Waals surface area contributed by atoms with Crippen LogP contribution in [0.1, 0.15) is 51.6 Å². The fourth-order valence-electron chi connectivity index (χ4n) is 2.71. The molecule has 1 aromatic heterocycles. The second kappa shape index (κ2) is 6.19. The number of ether oxygens (including phenoxy) is 1. The lowest BCUT2D eigenvalue weighted by molar-refractivity contribution is 0.212. The van der Waals surface area contributed by atoms with Gasteiger partial charge < -0.3 is 4.74 Å². The van der Waals surface area contributed by atoms with Gasteiger partial charge in [0.15, 0.2) is 0 Å². The highest BCUT2D eigenvalue weighted by Gasteiger charge is 2.28. The van der Waals surface area contributed by atoms with Gasteiger partial charge >= 0.3 is 0 Å². The summed E-state index contributed by atoms with van der Waals surface area (Å²) in [7, 11) is 0. The lowest BCUT2D eigenvalue weighted by atomic mass is 10.1. The van der Waals surface area contributed by atoms with Crippen molar-refractivity contribution < 1.29 is 4.74 Å². The van der Waals surface area contributed by atoms with E-state index in [4.69, 9.17) is 4.74 Å². The van der Waals surface area contributed by atoms with Gasteiger partial charge in [0, 0.05) is 17.8 Å². The first-order valence-electron chi connectivity index (χ1n) is 7.08. The van der Waals surface area contributed by atoms with Gasteiger partial charge in [0.05, 0.1) is 6.10 Å². The van der Waals surface area contributed by atoms with Gasteiger partial charge in [-0.25, -0.2) is 4.98 Å². The van der Waals surface area contributed by atoms with E-state index in [1.54, 1.807) is 0 Å². The molecule has 1 fully saturated rings. The second-order valence-electron chi connectivity index (χ2n) is 5.26. The minimum absolute atomic E-state index is 0.180. The molecule has 0 unspecified atom stereocenters. The van der Waals surface area contributed by atoms with Crippen molar-refractivity contribution in [2.45, 2.75) is 52.2 Å². The highest BCUT2D eigenvalue weighted by atomic mass is 16.5. The molecule has 0 amide bonds. The highest BCUT2D eigenvalue weighted by Crippen LogP contribution is 2.36. The number of rotatable bonds is 5. The first-order valence-corrected chi connectivity index (χ1v) is 7.08. The molecule has 2 heterocycles. The Hall–Kier alpha value is -1.09. The Morgan fingerprint density at radius 1 is 1.50 bits per heavy atom. The van der Waals surface area contributed by atoms with E-state index in [1.165, 1.54) is 37.9 Å². The van der Waals surface area contributed by atoms with Crippen molar-refractivity contribution in [1.29, 1.82) is 0 Å². The summed E-state index contributed by atoms with van der Waals surface area (Å²) >= 11 is 0. The van der Waals surface area contributed by atoms with Crippen molar-refractivity contribution in [3.8, 4) is 5.88 Å². The summed E-state index contributed by atoms with van der Waals surface area (Å²) in [5.74, 6) is 0.820. The van der Waals surface area contributed by atoms with E-state index in [0.29, 0.717) is 6.04 Å². The quantitative estimate of drug-likeness (QED) is 0.798. The molecule has 0 aliphatic carbocycles. The Labute approximate surface area is 110 Å². The van der Waals surface area contributed by atoms with Crippen molar-refractivity contribution in [2.24, 2.45) is 0 Å². The van der Waals surface area contributed by atoms with Crippen LogP contribution in [0.25, 0.3) is 0 Å². The van der Waals surface area contributed by atoms with Crippen molar-refractivity contribution in [3.63, 3.8) is 0 Å². The summed E-state index contributed by atoms with van der Waals surface area (Å²) in [5, 5.41) is 0. The molecule has 3 heteroatoms. The van der Waals surface area contributed by atoms with E-state index in [-0.39, 0.29) is 6.10 Å². The predicted octanol–water partition coefficient (Wildman–Crippen LogP) is 3.42. The largest absolute Gasteiger partial charge is 0.475 e. The van der Waals surface area contributed by atoms with Crippen LogP contribution in [0.4, 0.5) is 0 Å². The molecule has 18 heavy (non-hydrogen) atoms. The molecule has 1 atom stereocenters. The summed E-state index contributed by atoms with van der Waals surface area (Å²) in [6.45, 7) is 8.72. The Morgan fingerprint density at radius 3 is 3.06 bits per heavy atom. The third-order valence-corrected chi connectivity index (χ3v) is 3.38. The second-order valence-corrected chi connectivity index (χ2v) is 5.26. The predicted molar refractivity (Wildman–Crippen MR) is 73.8 cm³/mol. The Balaban J connectivity index is 2.20. The van der Waals surface area contributed by atoms with E-state index >= 15 is 0 Å². The van der Waals surface area contributed by atoms with E-state index in [2.05, 4.69) is 36.7 Å². The van der Waals surface area contributed by atoms with Crippen LogP contribution in [-0.4, -0.2) is 29.1 Å². The number of aromatic nitrogens is 1. The molecule has 1 saturated heterocycles. The maximum absolute atomic E-state index is 5.85. The summed E-state index contributed by atoms with van der Waals surface area (Å²) in [5.41, 5.74) is 1.26. The smallest absolute Gasteiger partial charge is 0.218 e. The SMILES string of the molecule is CCCN1CCC[C@H]1c1cccnc1OC(C)C. The third-order valence-electron chi connectivity index (χ3n) is 3.38. The number of hydrogen-bond acceptors (Lipinski definition) is 3. The molecular weight excluding hydrogens is 224 g/mol. The van der Waals surface area contributed by atoms with Crippen LogP contribution in [0.2, 0.25) is 0 Å². The zero-order valence-electron chi connectivity index (χ0n) is 11.7. The Bertz CT molecular complexity index is 379. The van der Waals surface area contributed by atoms with Crippen molar-refractivity contribution in [2.75, 3.05) is 13.1 Å². The fraction of sp³-hybridized carbons (Fsp3) is 0.667. The summed E-state index contributed by atoms with van der Waals surface area (Å²) in [6.07, 6.45) is 5.71. The summed E-state index contributed by atoms with van der Waals surface area (Å²) in [6, 6.07) is 4.68. The van der Waals surface area contributed by atoms with Gasteiger partial charge in [-0.1, -0.05) is 13.0 Å². The Morgan fingerprint density at radius 2 is 2.33 bits per heavy atom. The van der Waals surface area contributed by atoms with E-state index < -0.39 is 0 Å². The van der Waals surface area contributed by atoms with Crippen LogP contribution in [0, 0.1) is 0 Å². The molecule has 1 aliphatic heterocycles. The maximum atomic E-state index is 5.85. The van der Waals surface area contributed by atoms with Crippen molar-refractivity contribution in [3.05, 3.63) is 23.9 Å². The molecule has 2 rings (SSSR count). The van der Waals surface area contributed by atoms with E-state index in [1.807, 2.05) is 12.3 Å². The zero-order chi connectivity index (χ0) is 13.0. The topological polar surface area (TPSA) is 25.4 Å². The van der Waals surface area contributed by atoms with Crippen LogP contribution >= 0.6 is 0 Å². The first-order chi connectivity index (χ1) is 8.72. The lowest BCUT2D eigenvalue weighted by Crippen LogP contribution is -2.25. The molecule has 0 N–H and O–H groups in total. The van der Waals surface area contributed by atoms with E-state index in [0.717, 1.165) is 5.88 Å². The minimum Gasteiger partial charge on any atom is -0.475 e. The minimum atomic E-state index is 0.180. The molecule has 0 saturated carbocycles. The van der Waals surface area contributed by atoms with E-state index in [9.17, 15) is 0 Å². The van der Waals surface area contributed by atoms with Gasteiger partial charge in [-0.2, -0.15) is 0 Å². The fourth-order valence-corrected chi connectivity index (χ4v) is 2.71. The molecule has 0 bridgehead atoms. The zero-order valence-corrected chi connectivity index (χ0v) is 11.7. The summed E-state index contributed by atoms with van der Waals surface area (Å²) in [4.78, 5) is 6.97. The van der Waals surface area contributed by atoms with Crippen LogP contribution < -0.4 is 4.74 Å². The molecule has 1 aliphatic rings.